The highest BCUT2D eigenvalue weighted by molar-refractivity contribution is 5.85. The van der Waals surface area contributed by atoms with Gasteiger partial charge >= 0.3 is 0 Å². The van der Waals surface area contributed by atoms with Crippen LogP contribution in [0.25, 0.3) is 10.9 Å². The standard InChI is InChI=1S/C25H28N6O2/c1-17-8-9-18(2)22-20(17)16-21(25(32)26-22)23(30-12-14-33-15-13-30)24-27-28-29-31(24)11-10-19-6-4-3-5-7-19/h3-9,16,23H,10-15H2,1-2H3,(H,26,32)/t23-/m0/s1. The molecule has 1 atom stereocenters. The Morgan fingerprint density at radius 1 is 1.06 bits per heavy atom. The van der Waals surface area contributed by atoms with Crippen LogP contribution in [0.3, 0.4) is 0 Å². The number of aromatic amines is 1. The first kappa shape index (κ1) is 21.5. The fraction of sp³-hybridized carbons (Fsp3) is 0.360. The minimum Gasteiger partial charge on any atom is -0.379 e. The fourth-order valence-electron chi connectivity index (χ4n) is 4.58. The van der Waals surface area contributed by atoms with Crippen molar-refractivity contribution in [1.82, 2.24) is 30.1 Å². The van der Waals surface area contributed by atoms with E-state index in [0.29, 0.717) is 44.2 Å². The van der Waals surface area contributed by atoms with Gasteiger partial charge in [-0.15, -0.1) is 5.10 Å². The third-order valence-corrected chi connectivity index (χ3v) is 6.44. The summed E-state index contributed by atoms with van der Waals surface area (Å²) in [6, 6.07) is 16.1. The summed E-state index contributed by atoms with van der Waals surface area (Å²) in [5.41, 5.74) is 4.83. The van der Waals surface area contributed by atoms with E-state index >= 15 is 0 Å². The molecule has 0 amide bonds. The molecule has 170 valence electrons. The van der Waals surface area contributed by atoms with Gasteiger partial charge in [-0.25, -0.2) is 4.68 Å². The van der Waals surface area contributed by atoms with Gasteiger partial charge in [-0.3, -0.25) is 9.69 Å². The largest absolute Gasteiger partial charge is 0.379 e. The summed E-state index contributed by atoms with van der Waals surface area (Å²) in [5.74, 6) is 0.683. The predicted octanol–water partition coefficient (Wildman–Crippen LogP) is 2.80. The van der Waals surface area contributed by atoms with E-state index in [1.54, 1.807) is 0 Å². The number of H-pyrrole nitrogens is 1. The summed E-state index contributed by atoms with van der Waals surface area (Å²) >= 11 is 0. The van der Waals surface area contributed by atoms with Crippen LogP contribution in [0.4, 0.5) is 0 Å². The average Bonchev–Trinajstić information content (AvgIpc) is 3.30. The molecule has 3 heterocycles. The third kappa shape index (κ3) is 4.31. The highest BCUT2D eigenvalue weighted by Crippen LogP contribution is 2.29. The van der Waals surface area contributed by atoms with Crippen molar-refractivity contribution < 1.29 is 4.74 Å². The van der Waals surface area contributed by atoms with Crippen molar-refractivity contribution in [2.45, 2.75) is 32.9 Å². The number of pyridine rings is 1. The maximum absolute atomic E-state index is 13.4. The topological polar surface area (TPSA) is 88.9 Å². The van der Waals surface area contributed by atoms with Gasteiger partial charge in [0, 0.05) is 30.6 Å². The number of hydrogen-bond acceptors (Lipinski definition) is 6. The van der Waals surface area contributed by atoms with E-state index in [-0.39, 0.29) is 11.6 Å². The molecular formula is C25H28N6O2. The van der Waals surface area contributed by atoms with Gasteiger partial charge in [0.1, 0.15) is 6.04 Å². The number of ether oxygens (including phenoxy) is 1. The first-order valence-corrected chi connectivity index (χ1v) is 11.4. The number of benzene rings is 2. The summed E-state index contributed by atoms with van der Waals surface area (Å²) in [5, 5.41) is 13.7. The summed E-state index contributed by atoms with van der Waals surface area (Å²) in [4.78, 5) is 18.8. The summed E-state index contributed by atoms with van der Waals surface area (Å²) in [6.07, 6.45) is 0.807. The molecule has 1 aliphatic heterocycles. The van der Waals surface area contributed by atoms with Crippen molar-refractivity contribution in [3.63, 3.8) is 0 Å². The van der Waals surface area contributed by atoms with E-state index in [1.165, 1.54) is 5.56 Å². The molecule has 0 saturated carbocycles. The molecule has 2 aromatic carbocycles. The van der Waals surface area contributed by atoms with Crippen LogP contribution in [-0.2, 0) is 17.7 Å². The molecule has 2 aromatic heterocycles. The van der Waals surface area contributed by atoms with Crippen molar-refractivity contribution in [2.24, 2.45) is 0 Å². The van der Waals surface area contributed by atoms with E-state index in [1.807, 2.05) is 41.9 Å². The maximum atomic E-state index is 13.4. The van der Waals surface area contributed by atoms with Crippen molar-refractivity contribution in [3.05, 3.63) is 87.0 Å². The number of hydrogen-bond donors (Lipinski definition) is 1. The third-order valence-electron chi connectivity index (χ3n) is 6.44. The minimum absolute atomic E-state index is 0.106. The molecule has 1 aliphatic rings. The summed E-state index contributed by atoms with van der Waals surface area (Å²) in [6.45, 7) is 7.37. The molecule has 1 saturated heterocycles. The molecule has 0 aliphatic carbocycles. The number of fused-ring (bicyclic) bond motifs is 1. The van der Waals surface area contributed by atoms with Gasteiger partial charge in [0.25, 0.3) is 5.56 Å². The van der Waals surface area contributed by atoms with Gasteiger partial charge in [0.05, 0.1) is 18.7 Å². The van der Waals surface area contributed by atoms with E-state index < -0.39 is 0 Å². The second-order valence-corrected chi connectivity index (χ2v) is 8.59. The highest BCUT2D eigenvalue weighted by atomic mass is 16.5. The molecule has 1 N–H and O–H groups in total. The lowest BCUT2D eigenvalue weighted by Crippen LogP contribution is -2.42. The monoisotopic (exact) mass is 444 g/mol. The van der Waals surface area contributed by atoms with Gasteiger partial charge in [-0.05, 0) is 53.5 Å². The van der Waals surface area contributed by atoms with E-state index in [2.05, 4.69) is 50.5 Å². The Morgan fingerprint density at radius 2 is 1.82 bits per heavy atom. The number of tetrazole rings is 1. The molecule has 5 rings (SSSR count). The fourth-order valence-corrected chi connectivity index (χ4v) is 4.58. The van der Waals surface area contributed by atoms with Gasteiger partial charge in [-0.1, -0.05) is 42.5 Å². The van der Waals surface area contributed by atoms with Gasteiger partial charge in [-0.2, -0.15) is 0 Å². The van der Waals surface area contributed by atoms with Gasteiger partial charge in [0.15, 0.2) is 5.82 Å². The first-order valence-electron chi connectivity index (χ1n) is 11.4. The van der Waals surface area contributed by atoms with E-state index in [9.17, 15) is 4.79 Å². The van der Waals surface area contributed by atoms with Crippen molar-refractivity contribution >= 4 is 10.9 Å². The first-order chi connectivity index (χ1) is 16.1. The zero-order valence-corrected chi connectivity index (χ0v) is 19.0. The zero-order valence-electron chi connectivity index (χ0n) is 19.0. The normalized spacial score (nSPS) is 15.7. The van der Waals surface area contributed by atoms with E-state index in [4.69, 9.17) is 4.74 Å². The van der Waals surface area contributed by atoms with Crippen LogP contribution in [0.5, 0.6) is 0 Å². The highest BCUT2D eigenvalue weighted by Gasteiger charge is 2.31. The number of rotatable bonds is 6. The average molecular weight is 445 g/mol. The van der Waals surface area contributed by atoms with Gasteiger partial charge in [0.2, 0.25) is 0 Å². The lowest BCUT2D eigenvalue weighted by atomic mass is 9.99. The number of nitrogens with one attached hydrogen (secondary N) is 1. The second-order valence-electron chi connectivity index (χ2n) is 8.59. The Balaban J connectivity index is 1.59. The molecule has 0 radical (unpaired) electrons. The number of morpholine rings is 1. The number of aryl methyl sites for hydroxylation is 4. The number of aromatic nitrogens is 5. The molecule has 0 bridgehead atoms. The van der Waals surface area contributed by atoms with Crippen molar-refractivity contribution in [3.8, 4) is 0 Å². The predicted molar refractivity (Wildman–Crippen MR) is 126 cm³/mol. The SMILES string of the molecule is Cc1ccc(C)c2[nH]c(=O)c([C@@H](c3nnnn3CCc3ccccc3)N3CCOCC3)cc12. The quantitative estimate of drug-likeness (QED) is 0.492. The van der Waals surface area contributed by atoms with Crippen LogP contribution in [-0.4, -0.2) is 56.4 Å². The molecule has 8 nitrogen and oxygen atoms in total. The smallest absolute Gasteiger partial charge is 0.253 e. The molecule has 1 fully saturated rings. The van der Waals surface area contributed by atoms with Gasteiger partial charge < -0.3 is 9.72 Å². The zero-order chi connectivity index (χ0) is 22.8. The molecule has 8 heteroatoms. The Labute approximate surface area is 192 Å². The Kier molecular flexibility index (Phi) is 6.02. The van der Waals surface area contributed by atoms with Crippen molar-refractivity contribution in [2.75, 3.05) is 26.3 Å². The molecular weight excluding hydrogens is 416 g/mol. The van der Waals surface area contributed by atoms with Crippen LogP contribution in [0.2, 0.25) is 0 Å². The molecule has 4 aromatic rings. The Morgan fingerprint density at radius 3 is 2.61 bits per heavy atom. The molecule has 33 heavy (non-hydrogen) atoms. The number of nitrogens with zero attached hydrogens (tertiary/aromatic N) is 5. The van der Waals surface area contributed by atoms with Crippen LogP contribution < -0.4 is 5.56 Å². The van der Waals surface area contributed by atoms with Crippen molar-refractivity contribution in [1.29, 1.82) is 0 Å². The van der Waals surface area contributed by atoms with Crippen LogP contribution in [0.1, 0.15) is 34.1 Å². The van der Waals surface area contributed by atoms with Crippen LogP contribution in [0, 0.1) is 13.8 Å². The van der Waals surface area contributed by atoms with Crippen LogP contribution >= 0.6 is 0 Å². The summed E-state index contributed by atoms with van der Waals surface area (Å²) < 4.78 is 7.42. The summed E-state index contributed by atoms with van der Waals surface area (Å²) in [7, 11) is 0. The lowest BCUT2D eigenvalue weighted by molar-refractivity contribution is 0.0214. The van der Waals surface area contributed by atoms with Crippen LogP contribution in [0.15, 0.2) is 53.3 Å². The molecule has 0 unspecified atom stereocenters. The van der Waals surface area contributed by atoms with E-state index in [0.717, 1.165) is 28.5 Å². The lowest BCUT2D eigenvalue weighted by Gasteiger charge is -2.33. The molecule has 0 spiro atoms. The second kappa shape index (κ2) is 9.25. The minimum atomic E-state index is -0.354. The Bertz CT molecular complexity index is 1310. The maximum Gasteiger partial charge on any atom is 0.253 e. The Hall–Kier alpha value is -3.36.